The van der Waals surface area contributed by atoms with Crippen molar-refractivity contribution in [2.75, 3.05) is 16.5 Å². The summed E-state index contributed by atoms with van der Waals surface area (Å²) in [6.45, 7) is 0.491. The van der Waals surface area contributed by atoms with Crippen molar-refractivity contribution in [1.29, 1.82) is 5.26 Å². The van der Waals surface area contributed by atoms with E-state index in [9.17, 15) is 5.26 Å². The molecule has 96 valence electrons. The maximum Gasteiger partial charge on any atom is 0.186 e. The molecular formula is C15H11N5. The second-order valence-electron chi connectivity index (χ2n) is 4.68. The number of hydrogen-bond acceptors (Lipinski definition) is 4. The van der Waals surface area contributed by atoms with E-state index in [1.165, 1.54) is 0 Å². The SMILES string of the molecule is N#CN1CN(c2n[nH]c3ccccc23)c2ccccc21. The number of nitriles is 1. The summed E-state index contributed by atoms with van der Waals surface area (Å²) in [5.41, 5.74) is 2.92. The highest BCUT2D eigenvalue weighted by molar-refractivity contribution is 5.95. The van der Waals surface area contributed by atoms with Crippen molar-refractivity contribution in [3.63, 3.8) is 0 Å². The molecule has 0 aliphatic carbocycles. The Morgan fingerprint density at radius 2 is 1.80 bits per heavy atom. The molecule has 1 aliphatic rings. The highest BCUT2D eigenvalue weighted by Gasteiger charge is 2.28. The molecule has 0 fully saturated rings. The van der Waals surface area contributed by atoms with E-state index in [1.54, 1.807) is 4.90 Å². The number of fused-ring (bicyclic) bond motifs is 2. The Morgan fingerprint density at radius 1 is 1.05 bits per heavy atom. The molecule has 0 spiro atoms. The summed E-state index contributed by atoms with van der Waals surface area (Å²) in [4.78, 5) is 3.72. The second kappa shape index (κ2) is 4.00. The van der Waals surface area contributed by atoms with E-state index in [2.05, 4.69) is 21.3 Å². The van der Waals surface area contributed by atoms with Crippen molar-refractivity contribution < 1.29 is 0 Å². The molecule has 1 N–H and O–H groups in total. The van der Waals surface area contributed by atoms with Crippen molar-refractivity contribution in [2.24, 2.45) is 0 Å². The zero-order chi connectivity index (χ0) is 13.5. The highest BCUT2D eigenvalue weighted by atomic mass is 15.4. The third-order valence-corrected chi connectivity index (χ3v) is 3.57. The molecule has 20 heavy (non-hydrogen) atoms. The van der Waals surface area contributed by atoms with Crippen LogP contribution in [0.25, 0.3) is 10.9 Å². The van der Waals surface area contributed by atoms with Gasteiger partial charge >= 0.3 is 0 Å². The molecule has 0 bridgehead atoms. The Kier molecular flexibility index (Phi) is 2.18. The molecule has 0 amide bonds. The molecule has 0 radical (unpaired) electrons. The van der Waals surface area contributed by atoms with Gasteiger partial charge in [-0.2, -0.15) is 10.4 Å². The molecule has 0 saturated heterocycles. The number of H-pyrrole nitrogens is 1. The average Bonchev–Trinajstić information content (AvgIpc) is 3.08. The van der Waals surface area contributed by atoms with Crippen LogP contribution in [0.2, 0.25) is 0 Å². The van der Waals surface area contributed by atoms with Gasteiger partial charge < -0.3 is 4.90 Å². The minimum absolute atomic E-state index is 0.491. The van der Waals surface area contributed by atoms with Crippen LogP contribution in [0, 0.1) is 11.5 Å². The first kappa shape index (κ1) is 10.9. The summed E-state index contributed by atoms with van der Waals surface area (Å²) >= 11 is 0. The summed E-state index contributed by atoms with van der Waals surface area (Å²) in [6.07, 6.45) is 2.21. The van der Waals surface area contributed by atoms with Crippen molar-refractivity contribution in [3.8, 4) is 6.19 Å². The van der Waals surface area contributed by atoms with Crippen LogP contribution in [0.4, 0.5) is 17.2 Å². The van der Waals surface area contributed by atoms with Crippen LogP contribution in [0.5, 0.6) is 0 Å². The lowest BCUT2D eigenvalue weighted by molar-refractivity contribution is 0.958. The fourth-order valence-electron chi connectivity index (χ4n) is 2.64. The lowest BCUT2D eigenvalue weighted by Crippen LogP contribution is -2.24. The molecule has 2 aromatic carbocycles. The van der Waals surface area contributed by atoms with Crippen LogP contribution >= 0.6 is 0 Å². The van der Waals surface area contributed by atoms with Crippen LogP contribution in [0.15, 0.2) is 48.5 Å². The molecule has 5 nitrogen and oxygen atoms in total. The summed E-state index contributed by atoms with van der Waals surface area (Å²) in [7, 11) is 0. The van der Waals surface area contributed by atoms with Crippen LogP contribution < -0.4 is 9.80 Å². The van der Waals surface area contributed by atoms with E-state index in [0.717, 1.165) is 28.1 Å². The first-order valence-corrected chi connectivity index (χ1v) is 6.35. The monoisotopic (exact) mass is 261 g/mol. The Balaban J connectivity index is 1.90. The quantitative estimate of drug-likeness (QED) is 0.684. The van der Waals surface area contributed by atoms with Gasteiger partial charge in [0.1, 0.15) is 6.67 Å². The third kappa shape index (κ3) is 1.39. The Labute approximate surface area is 115 Å². The molecule has 5 heteroatoms. The Hall–Kier alpha value is -3.00. The number of nitrogens with one attached hydrogen (secondary N) is 1. The number of hydrogen-bond donors (Lipinski definition) is 1. The topological polar surface area (TPSA) is 59.0 Å². The Morgan fingerprint density at radius 3 is 2.65 bits per heavy atom. The minimum Gasteiger partial charge on any atom is -0.303 e. The maximum absolute atomic E-state index is 9.26. The molecule has 0 saturated carbocycles. The second-order valence-corrected chi connectivity index (χ2v) is 4.68. The van der Waals surface area contributed by atoms with Gasteiger partial charge in [0.25, 0.3) is 0 Å². The van der Waals surface area contributed by atoms with Crippen LogP contribution in [0.3, 0.4) is 0 Å². The number of benzene rings is 2. The summed E-state index contributed by atoms with van der Waals surface area (Å²) in [6, 6.07) is 15.9. The zero-order valence-electron chi connectivity index (χ0n) is 10.6. The van der Waals surface area contributed by atoms with Gasteiger partial charge in [-0.3, -0.25) is 10.00 Å². The number of aromatic amines is 1. The molecule has 0 unspecified atom stereocenters. The van der Waals surface area contributed by atoms with E-state index >= 15 is 0 Å². The number of aromatic nitrogens is 2. The Bertz CT molecular complexity index is 829. The molecule has 1 aliphatic heterocycles. The van der Waals surface area contributed by atoms with Gasteiger partial charge in [-0.15, -0.1) is 0 Å². The highest BCUT2D eigenvalue weighted by Crippen LogP contribution is 2.41. The maximum atomic E-state index is 9.26. The normalized spacial score (nSPS) is 13.6. The molecule has 4 rings (SSSR count). The molecule has 2 heterocycles. The van der Waals surface area contributed by atoms with Crippen LogP contribution in [0.1, 0.15) is 0 Å². The first-order valence-electron chi connectivity index (χ1n) is 6.35. The minimum atomic E-state index is 0.491. The van der Waals surface area contributed by atoms with Gasteiger partial charge in [0.2, 0.25) is 0 Å². The van der Waals surface area contributed by atoms with Crippen LogP contribution in [-0.2, 0) is 0 Å². The van der Waals surface area contributed by atoms with E-state index in [0.29, 0.717) is 6.67 Å². The predicted molar refractivity (Wildman–Crippen MR) is 77.6 cm³/mol. The third-order valence-electron chi connectivity index (χ3n) is 3.57. The zero-order valence-corrected chi connectivity index (χ0v) is 10.6. The van der Waals surface area contributed by atoms with E-state index < -0.39 is 0 Å². The molecule has 0 atom stereocenters. The van der Waals surface area contributed by atoms with Gasteiger partial charge in [0.05, 0.1) is 16.9 Å². The largest absolute Gasteiger partial charge is 0.303 e. The van der Waals surface area contributed by atoms with E-state index in [-0.39, 0.29) is 0 Å². The number of para-hydroxylation sites is 3. The smallest absolute Gasteiger partial charge is 0.186 e. The van der Waals surface area contributed by atoms with Gasteiger partial charge in [-0.25, -0.2) is 0 Å². The van der Waals surface area contributed by atoms with Gasteiger partial charge in [0.15, 0.2) is 12.0 Å². The van der Waals surface area contributed by atoms with Crippen molar-refractivity contribution in [2.45, 2.75) is 0 Å². The standard InChI is InChI=1S/C15H11N5/c16-9-19-10-20(14-8-4-3-7-13(14)19)15-11-5-1-2-6-12(11)17-18-15/h1-8H,10H2,(H,17,18). The fraction of sp³-hybridized carbons (Fsp3) is 0.0667. The van der Waals surface area contributed by atoms with Crippen molar-refractivity contribution in [3.05, 3.63) is 48.5 Å². The van der Waals surface area contributed by atoms with Gasteiger partial charge in [0, 0.05) is 5.39 Å². The molecular weight excluding hydrogens is 250 g/mol. The lowest BCUT2D eigenvalue weighted by atomic mass is 10.2. The number of anilines is 3. The van der Waals surface area contributed by atoms with Gasteiger partial charge in [-0.1, -0.05) is 24.3 Å². The summed E-state index contributed by atoms with van der Waals surface area (Å²) in [5.74, 6) is 0.853. The fourth-order valence-corrected chi connectivity index (χ4v) is 2.64. The average molecular weight is 261 g/mol. The van der Waals surface area contributed by atoms with E-state index in [4.69, 9.17) is 0 Å². The number of nitrogens with zero attached hydrogens (tertiary/aromatic N) is 4. The predicted octanol–water partition coefficient (Wildman–Crippen LogP) is 2.96. The van der Waals surface area contributed by atoms with Gasteiger partial charge in [-0.05, 0) is 24.3 Å². The summed E-state index contributed by atoms with van der Waals surface area (Å²) < 4.78 is 0. The van der Waals surface area contributed by atoms with Crippen molar-refractivity contribution in [1.82, 2.24) is 10.2 Å². The molecule has 1 aromatic heterocycles. The van der Waals surface area contributed by atoms with E-state index in [1.807, 2.05) is 48.5 Å². The van der Waals surface area contributed by atoms with Crippen LogP contribution in [-0.4, -0.2) is 16.9 Å². The first-order chi connectivity index (χ1) is 9.88. The van der Waals surface area contributed by atoms with Crippen molar-refractivity contribution >= 4 is 28.1 Å². The lowest BCUT2D eigenvalue weighted by Gasteiger charge is -2.15. The number of rotatable bonds is 1. The molecule has 3 aromatic rings. The summed E-state index contributed by atoms with van der Waals surface area (Å²) in [5, 5.41) is 17.8.